The highest BCUT2D eigenvalue weighted by atomic mass is 32.2. The summed E-state index contributed by atoms with van der Waals surface area (Å²) in [4.78, 5) is 11.0. The third kappa shape index (κ3) is 2.72. The minimum Gasteiger partial charge on any atom is -0.368 e. The number of anilines is 2. The molecule has 1 fully saturated rings. The van der Waals surface area contributed by atoms with Gasteiger partial charge in [-0.15, -0.1) is 11.3 Å². The molecule has 6 heteroatoms. The van der Waals surface area contributed by atoms with Gasteiger partial charge in [0, 0.05) is 16.2 Å². The molecule has 2 atom stereocenters. The van der Waals surface area contributed by atoms with Gasteiger partial charge in [-0.2, -0.15) is 16.7 Å². The number of hydrogen-bond donors (Lipinski definition) is 2. The van der Waals surface area contributed by atoms with E-state index in [1.165, 1.54) is 29.9 Å². The molecule has 2 heterocycles. The average Bonchev–Trinajstić information content (AvgIpc) is 2.96. The van der Waals surface area contributed by atoms with Crippen LogP contribution in [0.25, 0.3) is 10.2 Å². The Morgan fingerprint density at radius 2 is 2.30 bits per heavy atom. The monoisotopic (exact) mass is 308 g/mol. The lowest BCUT2D eigenvalue weighted by Gasteiger charge is -2.21. The molecule has 3 N–H and O–H groups in total. The minimum absolute atomic E-state index is 0.361. The van der Waals surface area contributed by atoms with Crippen LogP contribution in [0.3, 0.4) is 0 Å². The highest BCUT2D eigenvalue weighted by Gasteiger charge is 2.28. The maximum absolute atomic E-state index is 5.84. The Labute approximate surface area is 127 Å². The molecule has 2 unspecified atom stereocenters. The maximum Gasteiger partial charge on any atom is 0.223 e. The SMILES string of the molecule is CCSC1CCCC1Nc1nc(N)nc2sc(C)cc12. The summed E-state index contributed by atoms with van der Waals surface area (Å²) in [5.74, 6) is 2.44. The largest absolute Gasteiger partial charge is 0.368 e. The molecule has 0 aromatic carbocycles. The minimum atomic E-state index is 0.361. The molecule has 1 aliphatic rings. The maximum atomic E-state index is 5.84. The summed E-state index contributed by atoms with van der Waals surface area (Å²) in [5.41, 5.74) is 5.84. The first-order chi connectivity index (χ1) is 9.67. The number of nitrogens with one attached hydrogen (secondary N) is 1. The molecular formula is C14H20N4S2. The number of rotatable bonds is 4. The summed E-state index contributed by atoms with van der Waals surface area (Å²) in [6.07, 6.45) is 3.80. The van der Waals surface area contributed by atoms with E-state index >= 15 is 0 Å². The molecule has 0 bridgehead atoms. The number of aromatic nitrogens is 2. The summed E-state index contributed by atoms with van der Waals surface area (Å²) in [7, 11) is 0. The number of hydrogen-bond acceptors (Lipinski definition) is 6. The highest BCUT2D eigenvalue weighted by Crippen LogP contribution is 2.34. The Bertz CT molecular complexity index is 610. The van der Waals surface area contributed by atoms with Crippen LogP contribution in [0.1, 0.15) is 31.1 Å². The second-order valence-corrected chi connectivity index (χ2v) is 7.93. The van der Waals surface area contributed by atoms with E-state index in [4.69, 9.17) is 5.73 Å². The van der Waals surface area contributed by atoms with Gasteiger partial charge in [-0.3, -0.25) is 0 Å². The van der Waals surface area contributed by atoms with Gasteiger partial charge in [0.2, 0.25) is 5.95 Å². The summed E-state index contributed by atoms with van der Waals surface area (Å²) in [6.45, 7) is 4.32. The first kappa shape index (κ1) is 13.9. The van der Waals surface area contributed by atoms with E-state index in [1.807, 2.05) is 11.8 Å². The third-order valence-corrected chi connectivity index (χ3v) is 5.96. The molecule has 1 saturated carbocycles. The Kier molecular flexibility index (Phi) is 4.03. The summed E-state index contributed by atoms with van der Waals surface area (Å²) < 4.78 is 0. The number of thiophene rings is 1. The second kappa shape index (κ2) is 5.77. The van der Waals surface area contributed by atoms with E-state index in [0.717, 1.165) is 16.0 Å². The Morgan fingerprint density at radius 1 is 1.45 bits per heavy atom. The molecule has 0 spiro atoms. The van der Waals surface area contributed by atoms with E-state index in [1.54, 1.807) is 11.3 Å². The van der Waals surface area contributed by atoms with Gasteiger partial charge < -0.3 is 11.1 Å². The molecule has 2 aromatic heterocycles. The smallest absolute Gasteiger partial charge is 0.223 e. The van der Waals surface area contributed by atoms with E-state index in [0.29, 0.717) is 17.2 Å². The standard InChI is InChI=1S/C14H20N4S2/c1-3-19-11-6-4-5-10(11)16-12-9-7-8(2)20-13(9)18-14(15)17-12/h7,10-11H,3-6H2,1-2H3,(H3,15,16,17,18). The lowest BCUT2D eigenvalue weighted by Crippen LogP contribution is -2.27. The number of aryl methyl sites for hydroxylation is 1. The van der Waals surface area contributed by atoms with Crippen LogP contribution >= 0.6 is 23.1 Å². The lowest BCUT2D eigenvalue weighted by molar-refractivity contribution is 0.764. The Hall–Kier alpha value is -1.01. The normalized spacial score (nSPS) is 22.5. The fourth-order valence-corrected chi connectivity index (χ4v) is 4.93. The molecule has 2 aromatic rings. The van der Waals surface area contributed by atoms with E-state index in [-0.39, 0.29) is 0 Å². The first-order valence-corrected chi connectivity index (χ1v) is 8.95. The fraction of sp³-hybridized carbons (Fsp3) is 0.571. The zero-order chi connectivity index (χ0) is 14.1. The first-order valence-electron chi connectivity index (χ1n) is 7.09. The van der Waals surface area contributed by atoms with Gasteiger partial charge in [0.15, 0.2) is 0 Å². The average molecular weight is 308 g/mol. The summed E-state index contributed by atoms with van der Waals surface area (Å²) >= 11 is 3.72. The molecule has 1 aliphatic carbocycles. The van der Waals surface area contributed by atoms with E-state index in [2.05, 4.69) is 35.2 Å². The molecular weight excluding hydrogens is 288 g/mol. The Balaban J connectivity index is 1.90. The molecule has 108 valence electrons. The van der Waals surface area contributed by atoms with Crippen LogP contribution < -0.4 is 11.1 Å². The van der Waals surface area contributed by atoms with Crippen LogP contribution in [0.4, 0.5) is 11.8 Å². The van der Waals surface area contributed by atoms with Crippen LogP contribution in [0.5, 0.6) is 0 Å². The highest BCUT2D eigenvalue weighted by molar-refractivity contribution is 7.99. The molecule has 4 nitrogen and oxygen atoms in total. The molecule has 0 saturated heterocycles. The zero-order valence-electron chi connectivity index (χ0n) is 11.8. The van der Waals surface area contributed by atoms with Crippen molar-refractivity contribution in [3.05, 3.63) is 10.9 Å². The number of nitrogens with two attached hydrogens (primary N) is 1. The number of nitrogen functional groups attached to an aromatic ring is 1. The van der Waals surface area contributed by atoms with E-state index < -0.39 is 0 Å². The van der Waals surface area contributed by atoms with Gasteiger partial charge in [0.25, 0.3) is 0 Å². The zero-order valence-corrected chi connectivity index (χ0v) is 13.5. The number of fused-ring (bicyclic) bond motifs is 1. The van der Waals surface area contributed by atoms with Crippen molar-refractivity contribution in [1.29, 1.82) is 0 Å². The van der Waals surface area contributed by atoms with E-state index in [9.17, 15) is 0 Å². The lowest BCUT2D eigenvalue weighted by atomic mass is 10.2. The molecule has 0 amide bonds. The van der Waals surface area contributed by atoms with Crippen LogP contribution in [0, 0.1) is 6.92 Å². The molecule has 20 heavy (non-hydrogen) atoms. The molecule has 0 radical (unpaired) electrons. The summed E-state index contributed by atoms with van der Waals surface area (Å²) in [5, 5.41) is 5.42. The van der Waals surface area contributed by atoms with Gasteiger partial charge >= 0.3 is 0 Å². The number of thioether (sulfide) groups is 1. The topological polar surface area (TPSA) is 63.8 Å². The van der Waals surface area contributed by atoms with Gasteiger partial charge in [-0.1, -0.05) is 13.3 Å². The van der Waals surface area contributed by atoms with Gasteiger partial charge in [0.1, 0.15) is 10.6 Å². The van der Waals surface area contributed by atoms with Crippen LogP contribution in [0.2, 0.25) is 0 Å². The van der Waals surface area contributed by atoms with Crippen LogP contribution in [0.15, 0.2) is 6.07 Å². The van der Waals surface area contributed by atoms with Crippen molar-refractivity contribution in [1.82, 2.24) is 9.97 Å². The third-order valence-electron chi connectivity index (χ3n) is 3.69. The fourth-order valence-electron chi connectivity index (χ4n) is 2.85. The van der Waals surface area contributed by atoms with Crippen molar-refractivity contribution in [2.45, 2.75) is 44.4 Å². The predicted molar refractivity (Wildman–Crippen MR) is 89.7 cm³/mol. The van der Waals surface area contributed by atoms with Crippen molar-refractivity contribution in [2.75, 3.05) is 16.8 Å². The predicted octanol–water partition coefficient (Wildman–Crippen LogP) is 3.67. The van der Waals surface area contributed by atoms with Crippen molar-refractivity contribution in [3.63, 3.8) is 0 Å². The van der Waals surface area contributed by atoms with Crippen molar-refractivity contribution in [3.8, 4) is 0 Å². The van der Waals surface area contributed by atoms with Crippen LogP contribution in [-0.2, 0) is 0 Å². The van der Waals surface area contributed by atoms with Gasteiger partial charge in [-0.05, 0) is 31.6 Å². The Morgan fingerprint density at radius 3 is 3.10 bits per heavy atom. The van der Waals surface area contributed by atoms with Crippen molar-refractivity contribution < 1.29 is 0 Å². The van der Waals surface area contributed by atoms with Gasteiger partial charge in [0.05, 0.1) is 5.39 Å². The second-order valence-electron chi connectivity index (χ2n) is 5.18. The quantitative estimate of drug-likeness (QED) is 0.902. The number of nitrogens with zero attached hydrogens (tertiary/aromatic N) is 2. The molecule has 3 rings (SSSR count). The summed E-state index contributed by atoms with van der Waals surface area (Å²) in [6, 6.07) is 2.65. The van der Waals surface area contributed by atoms with Gasteiger partial charge in [-0.25, -0.2) is 4.98 Å². The molecule has 0 aliphatic heterocycles. The van der Waals surface area contributed by atoms with Crippen LogP contribution in [-0.4, -0.2) is 27.0 Å². The van der Waals surface area contributed by atoms with Crippen molar-refractivity contribution in [2.24, 2.45) is 0 Å². The van der Waals surface area contributed by atoms with Crippen molar-refractivity contribution >= 4 is 45.1 Å².